The molecule has 20 heavy (non-hydrogen) atoms. The maximum Gasteiger partial charge on any atom is 0.231 e. The molecule has 1 heterocycles. The average Bonchev–Trinajstić information content (AvgIpc) is 2.89. The van der Waals surface area contributed by atoms with Crippen molar-refractivity contribution >= 4 is 11.6 Å². The molecule has 0 saturated heterocycles. The Hall–Kier alpha value is -1.78. The van der Waals surface area contributed by atoms with Crippen molar-refractivity contribution in [1.29, 1.82) is 0 Å². The highest BCUT2D eigenvalue weighted by Gasteiger charge is 2.23. The van der Waals surface area contributed by atoms with Gasteiger partial charge in [0.15, 0.2) is 11.5 Å². The van der Waals surface area contributed by atoms with Gasteiger partial charge < -0.3 is 14.6 Å². The Kier molecular flexibility index (Phi) is 3.28. The van der Waals surface area contributed by atoms with Crippen molar-refractivity contribution in [3.05, 3.63) is 57.9 Å². The number of aliphatic hydroxyl groups excluding tert-OH is 1. The first kappa shape index (κ1) is 13.2. The lowest BCUT2D eigenvalue weighted by Crippen LogP contribution is -2.03. The van der Waals surface area contributed by atoms with Crippen LogP contribution in [0.15, 0.2) is 30.3 Å². The summed E-state index contributed by atoms with van der Waals surface area (Å²) >= 11 is 6.07. The number of hydrogen-bond donors (Lipinski definition) is 1. The third kappa shape index (κ3) is 2.21. The van der Waals surface area contributed by atoms with Crippen molar-refractivity contribution in [2.75, 3.05) is 6.79 Å². The van der Waals surface area contributed by atoms with Crippen LogP contribution >= 0.6 is 11.6 Å². The molecule has 0 radical (unpaired) electrons. The van der Waals surface area contributed by atoms with E-state index in [2.05, 4.69) is 0 Å². The van der Waals surface area contributed by atoms with Gasteiger partial charge in [0, 0.05) is 5.56 Å². The first-order chi connectivity index (χ1) is 9.56. The van der Waals surface area contributed by atoms with Crippen molar-refractivity contribution in [3.8, 4) is 11.5 Å². The van der Waals surface area contributed by atoms with Gasteiger partial charge in [0.05, 0.1) is 5.02 Å². The van der Waals surface area contributed by atoms with Crippen LogP contribution in [-0.4, -0.2) is 11.9 Å². The number of benzene rings is 2. The van der Waals surface area contributed by atoms with Crippen molar-refractivity contribution in [3.63, 3.8) is 0 Å². The second kappa shape index (κ2) is 4.96. The number of ether oxygens (including phenoxy) is 2. The van der Waals surface area contributed by atoms with Gasteiger partial charge in [-0.05, 0) is 30.7 Å². The Labute approximate surface area is 120 Å². The van der Waals surface area contributed by atoms with Gasteiger partial charge in [-0.2, -0.15) is 0 Å². The van der Waals surface area contributed by atoms with E-state index in [1.54, 1.807) is 24.3 Å². The molecular formula is C15H12ClFO3. The molecule has 104 valence electrons. The highest BCUT2D eigenvalue weighted by molar-refractivity contribution is 6.32. The van der Waals surface area contributed by atoms with E-state index in [1.165, 1.54) is 6.07 Å². The van der Waals surface area contributed by atoms with Crippen molar-refractivity contribution < 1.29 is 19.0 Å². The van der Waals surface area contributed by atoms with Crippen LogP contribution in [0.3, 0.4) is 0 Å². The molecule has 2 aromatic rings. The Bertz CT molecular complexity index is 672. The molecule has 0 spiro atoms. The molecule has 0 aromatic heterocycles. The fourth-order valence-corrected chi connectivity index (χ4v) is 2.47. The smallest absolute Gasteiger partial charge is 0.231 e. The molecule has 0 aliphatic carbocycles. The van der Waals surface area contributed by atoms with Crippen molar-refractivity contribution in [2.24, 2.45) is 0 Å². The molecule has 2 aromatic carbocycles. The monoisotopic (exact) mass is 294 g/mol. The maximum absolute atomic E-state index is 13.8. The van der Waals surface area contributed by atoms with E-state index < -0.39 is 11.9 Å². The van der Waals surface area contributed by atoms with Gasteiger partial charge in [-0.3, -0.25) is 0 Å². The summed E-state index contributed by atoms with van der Waals surface area (Å²) in [5.74, 6) is 0.448. The van der Waals surface area contributed by atoms with E-state index in [9.17, 15) is 9.50 Å². The number of fused-ring (bicyclic) bond motifs is 1. The fourth-order valence-electron chi connectivity index (χ4n) is 2.20. The Morgan fingerprint density at radius 3 is 2.85 bits per heavy atom. The zero-order valence-electron chi connectivity index (χ0n) is 10.7. The minimum atomic E-state index is -1.11. The van der Waals surface area contributed by atoms with Gasteiger partial charge in [-0.1, -0.05) is 29.3 Å². The standard InChI is InChI=1S/C15H12ClFO3/c1-8-2-3-12(17)10(4-8)14(18)9-5-11(16)15-13(6-9)19-7-20-15/h2-6,14,18H,7H2,1H3. The van der Waals surface area contributed by atoms with E-state index in [0.29, 0.717) is 22.1 Å². The second-order valence-corrected chi connectivity index (χ2v) is 5.07. The number of hydrogen-bond acceptors (Lipinski definition) is 3. The minimum absolute atomic E-state index is 0.0907. The predicted octanol–water partition coefficient (Wildman–Crippen LogP) is 3.60. The average molecular weight is 295 g/mol. The van der Waals surface area contributed by atoms with E-state index in [0.717, 1.165) is 5.56 Å². The normalized spacial score (nSPS) is 14.4. The largest absolute Gasteiger partial charge is 0.454 e. The van der Waals surface area contributed by atoms with Crippen LogP contribution in [0.5, 0.6) is 11.5 Å². The lowest BCUT2D eigenvalue weighted by molar-refractivity contribution is 0.173. The van der Waals surface area contributed by atoms with E-state index in [-0.39, 0.29) is 12.4 Å². The number of aliphatic hydroxyl groups is 1. The van der Waals surface area contributed by atoms with Crippen LogP contribution in [0.2, 0.25) is 5.02 Å². The molecule has 0 amide bonds. The SMILES string of the molecule is Cc1ccc(F)c(C(O)c2cc(Cl)c3c(c2)OCO3)c1. The van der Waals surface area contributed by atoms with Gasteiger partial charge in [0.2, 0.25) is 6.79 Å². The molecule has 0 fully saturated rings. The summed E-state index contributed by atoms with van der Waals surface area (Å²) in [6.07, 6.45) is -1.11. The molecule has 0 bridgehead atoms. The molecule has 1 aliphatic heterocycles. The molecule has 3 rings (SSSR count). The predicted molar refractivity (Wildman–Crippen MR) is 72.8 cm³/mol. The summed E-state index contributed by atoms with van der Waals surface area (Å²) in [5.41, 5.74) is 1.54. The quantitative estimate of drug-likeness (QED) is 0.920. The topological polar surface area (TPSA) is 38.7 Å². The van der Waals surface area contributed by atoms with E-state index in [1.807, 2.05) is 6.92 Å². The fraction of sp³-hybridized carbons (Fsp3) is 0.200. The Balaban J connectivity index is 2.04. The lowest BCUT2D eigenvalue weighted by atomic mass is 9.99. The highest BCUT2D eigenvalue weighted by Crippen LogP contribution is 2.42. The third-order valence-electron chi connectivity index (χ3n) is 3.21. The second-order valence-electron chi connectivity index (χ2n) is 4.66. The van der Waals surface area contributed by atoms with Crippen molar-refractivity contribution in [1.82, 2.24) is 0 Å². The van der Waals surface area contributed by atoms with Crippen LogP contribution in [-0.2, 0) is 0 Å². The first-order valence-corrected chi connectivity index (χ1v) is 6.47. The maximum atomic E-state index is 13.8. The van der Waals surface area contributed by atoms with Gasteiger partial charge >= 0.3 is 0 Å². The van der Waals surface area contributed by atoms with Crippen LogP contribution in [0.4, 0.5) is 4.39 Å². The summed E-state index contributed by atoms with van der Waals surface area (Å²) in [4.78, 5) is 0. The Morgan fingerprint density at radius 2 is 2.05 bits per heavy atom. The molecule has 5 heteroatoms. The summed E-state index contributed by atoms with van der Waals surface area (Å²) in [7, 11) is 0. The zero-order valence-corrected chi connectivity index (χ0v) is 11.4. The number of halogens is 2. The molecular weight excluding hydrogens is 283 g/mol. The molecule has 1 atom stereocenters. The third-order valence-corrected chi connectivity index (χ3v) is 3.49. The van der Waals surface area contributed by atoms with Gasteiger partial charge in [0.1, 0.15) is 11.9 Å². The number of rotatable bonds is 2. The van der Waals surface area contributed by atoms with Crippen LogP contribution in [0, 0.1) is 12.7 Å². The molecule has 0 saturated carbocycles. The van der Waals surface area contributed by atoms with Crippen LogP contribution in [0.1, 0.15) is 22.8 Å². The Morgan fingerprint density at radius 1 is 1.25 bits per heavy atom. The van der Waals surface area contributed by atoms with Gasteiger partial charge in [0.25, 0.3) is 0 Å². The molecule has 3 nitrogen and oxygen atoms in total. The minimum Gasteiger partial charge on any atom is -0.454 e. The molecule has 1 aliphatic rings. The van der Waals surface area contributed by atoms with Crippen LogP contribution in [0.25, 0.3) is 0 Å². The van der Waals surface area contributed by atoms with Gasteiger partial charge in [-0.25, -0.2) is 4.39 Å². The summed E-state index contributed by atoms with van der Waals surface area (Å²) in [6.45, 7) is 1.93. The zero-order chi connectivity index (χ0) is 14.3. The lowest BCUT2D eigenvalue weighted by Gasteiger charge is -2.14. The van der Waals surface area contributed by atoms with Gasteiger partial charge in [-0.15, -0.1) is 0 Å². The summed E-state index contributed by atoms with van der Waals surface area (Å²) in [5, 5.41) is 10.7. The van der Waals surface area contributed by atoms with Crippen LogP contribution < -0.4 is 9.47 Å². The number of aryl methyl sites for hydroxylation is 1. The molecule has 1 N–H and O–H groups in total. The highest BCUT2D eigenvalue weighted by atomic mass is 35.5. The summed E-state index contributed by atoms with van der Waals surface area (Å²) < 4.78 is 24.3. The van der Waals surface area contributed by atoms with Crippen molar-refractivity contribution in [2.45, 2.75) is 13.0 Å². The van der Waals surface area contributed by atoms with E-state index in [4.69, 9.17) is 21.1 Å². The summed E-state index contributed by atoms with van der Waals surface area (Å²) in [6, 6.07) is 7.77. The first-order valence-electron chi connectivity index (χ1n) is 6.09. The van der Waals surface area contributed by atoms with E-state index >= 15 is 0 Å². The molecule has 1 unspecified atom stereocenters.